The van der Waals surface area contributed by atoms with Gasteiger partial charge in [-0.05, 0) is 55.6 Å². The van der Waals surface area contributed by atoms with E-state index in [0.717, 1.165) is 68.7 Å². The summed E-state index contributed by atoms with van der Waals surface area (Å²) in [7, 11) is 2.10. The number of benzene rings is 1. The summed E-state index contributed by atoms with van der Waals surface area (Å²) >= 11 is 0. The fourth-order valence-electron chi connectivity index (χ4n) is 5.57. The Hall–Kier alpha value is -2.04. The number of hydrogen-bond acceptors (Lipinski definition) is 3. The average molecular weight is 367 g/mol. The van der Waals surface area contributed by atoms with Crippen molar-refractivity contribution in [2.45, 2.75) is 38.5 Å². The van der Waals surface area contributed by atoms with Gasteiger partial charge in [0.05, 0.1) is 11.0 Å². The fraction of sp³-hybridized carbons (Fsp3) is 0.636. The molecule has 2 aromatic rings. The van der Waals surface area contributed by atoms with Crippen molar-refractivity contribution in [1.29, 1.82) is 0 Å². The van der Waals surface area contributed by atoms with Crippen LogP contribution in [0.3, 0.4) is 0 Å². The van der Waals surface area contributed by atoms with Crippen molar-refractivity contribution >= 4 is 22.9 Å². The number of amides is 1. The van der Waals surface area contributed by atoms with Crippen molar-refractivity contribution in [3.05, 3.63) is 24.3 Å². The molecule has 27 heavy (non-hydrogen) atoms. The molecule has 3 heterocycles. The number of aryl methyl sites for hydroxylation is 1. The van der Waals surface area contributed by atoms with Crippen LogP contribution in [0, 0.1) is 17.8 Å². The summed E-state index contributed by atoms with van der Waals surface area (Å²) < 4.78 is 2.20. The minimum Gasteiger partial charge on any atom is -0.342 e. The molecule has 2 aliphatic heterocycles. The summed E-state index contributed by atoms with van der Waals surface area (Å²) in [5, 5.41) is 0. The zero-order valence-electron chi connectivity index (χ0n) is 16.3. The Bertz CT molecular complexity index is 824. The van der Waals surface area contributed by atoms with Crippen LogP contribution in [0.25, 0.3) is 11.0 Å². The van der Waals surface area contributed by atoms with Gasteiger partial charge in [-0.3, -0.25) is 4.79 Å². The summed E-state index contributed by atoms with van der Waals surface area (Å²) in [6.45, 7) is 4.06. The Morgan fingerprint density at radius 3 is 2.48 bits per heavy atom. The van der Waals surface area contributed by atoms with Crippen LogP contribution >= 0.6 is 0 Å². The van der Waals surface area contributed by atoms with Crippen LogP contribution in [0.1, 0.15) is 38.5 Å². The topological polar surface area (TPSA) is 41.4 Å². The van der Waals surface area contributed by atoms with Gasteiger partial charge in [-0.2, -0.15) is 0 Å². The maximum atomic E-state index is 12.8. The highest BCUT2D eigenvalue weighted by atomic mass is 16.2. The second kappa shape index (κ2) is 6.84. The molecule has 1 saturated carbocycles. The zero-order valence-corrected chi connectivity index (χ0v) is 16.3. The highest BCUT2D eigenvalue weighted by molar-refractivity contribution is 5.79. The van der Waals surface area contributed by atoms with E-state index in [2.05, 4.69) is 39.6 Å². The first kappa shape index (κ1) is 17.1. The number of rotatable bonds is 3. The molecule has 3 fully saturated rings. The summed E-state index contributed by atoms with van der Waals surface area (Å²) in [6.07, 6.45) is 6.98. The number of carbonyl (C=O) groups excluding carboxylic acids is 1. The first-order valence-corrected chi connectivity index (χ1v) is 10.6. The predicted octanol–water partition coefficient (Wildman–Crippen LogP) is 3.44. The van der Waals surface area contributed by atoms with Gasteiger partial charge in [-0.1, -0.05) is 18.6 Å². The maximum Gasteiger partial charge on any atom is 0.222 e. The Balaban J connectivity index is 1.18. The van der Waals surface area contributed by atoms with Crippen molar-refractivity contribution in [3.8, 4) is 0 Å². The molecule has 1 aromatic carbocycles. The third-order valence-corrected chi connectivity index (χ3v) is 7.20. The van der Waals surface area contributed by atoms with Crippen LogP contribution in [0.4, 0.5) is 5.95 Å². The van der Waals surface area contributed by atoms with Crippen molar-refractivity contribution in [1.82, 2.24) is 14.5 Å². The van der Waals surface area contributed by atoms with Crippen LogP contribution in [0.5, 0.6) is 0 Å². The van der Waals surface area contributed by atoms with Gasteiger partial charge in [0.25, 0.3) is 0 Å². The van der Waals surface area contributed by atoms with Gasteiger partial charge < -0.3 is 14.4 Å². The van der Waals surface area contributed by atoms with Crippen molar-refractivity contribution in [2.75, 3.05) is 31.1 Å². The fourth-order valence-corrected chi connectivity index (χ4v) is 5.57. The molecule has 1 aliphatic carbocycles. The second-order valence-corrected chi connectivity index (χ2v) is 8.84. The number of aromatic nitrogens is 2. The monoisotopic (exact) mass is 366 g/mol. The SMILES string of the molecule is Cn1c(N2CCC(CC(=O)N3CC4CCCC4C3)CC2)nc2ccccc21. The molecule has 0 radical (unpaired) electrons. The van der Waals surface area contributed by atoms with E-state index in [0.29, 0.717) is 11.8 Å². The Labute approximate surface area is 161 Å². The number of likely N-dealkylation sites (tertiary alicyclic amines) is 1. The minimum absolute atomic E-state index is 0.408. The highest BCUT2D eigenvalue weighted by Gasteiger charge is 2.38. The molecule has 144 valence electrons. The summed E-state index contributed by atoms with van der Waals surface area (Å²) in [5.41, 5.74) is 2.25. The summed E-state index contributed by atoms with van der Waals surface area (Å²) in [4.78, 5) is 22.2. The molecule has 3 aliphatic rings. The van der Waals surface area contributed by atoms with Gasteiger partial charge in [0, 0.05) is 39.6 Å². The number of piperidine rings is 1. The van der Waals surface area contributed by atoms with E-state index in [1.165, 1.54) is 24.8 Å². The van der Waals surface area contributed by atoms with Gasteiger partial charge in [0.1, 0.15) is 0 Å². The van der Waals surface area contributed by atoms with E-state index in [-0.39, 0.29) is 0 Å². The van der Waals surface area contributed by atoms with E-state index in [1.54, 1.807) is 0 Å². The molecule has 5 heteroatoms. The third kappa shape index (κ3) is 3.11. The highest BCUT2D eigenvalue weighted by Crippen LogP contribution is 2.38. The molecule has 0 N–H and O–H groups in total. The van der Waals surface area contributed by atoms with Gasteiger partial charge in [0.2, 0.25) is 11.9 Å². The number of fused-ring (bicyclic) bond motifs is 2. The molecule has 2 unspecified atom stereocenters. The van der Waals surface area contributed by atoms with Crippen molar-refractivity contribution < 1.29 is 4.79 Å². The molecule has 5 rings (SSSR count). The number of hydrogen-bond donors (Lipinski definition) is 0. The average Bonchev–Trinajstić information content (AvgIpc) is 3.36. The summed E-state index contributed by atoms with van der Waals surface area (Å²) in [5.74, 6) is 3.60. The molecule has 1 aromatic heterocycles. The van der Waals surface area contributed by atoms with Crippen LogP contribution < -0.4 is 4.90 Å². The lowest BCUT2D eigenvalue weighted by atomic mass is 9.93. The quantitative estimate of drug-likeness (QED) is 0.836. The number of nitrogens with zero attached hydrogens (tertiary/aromatic N) is 4. The maximum absolute atomic E-state index is 12.8. The molecule has 2 saturated heterocycles. The number of carbonyl (C=O) groups is 1. The van der Waals surface area contributed by atoms with E-state index >= 15 is 0 Å². The smallest absolute Gasteiger partial charge is 0.222 e. The molecular formula is C22H30N4O. The standard InChI is InChI=1S/C22H30N4O/c1-24-20-8-3-2-7-19(20)23-22(24)25-11-9-16(10-12-25)13-21(27)26-14-17-5-4-6-18(17)15-26/h2-3,7-8,16-18H,4-6,9-15H2,1H3. The first-order valence-electron chi connectivity index (χ1n) is 10.6. The van der Waals surface area contributed by atoms with Crippen LogP contribution in [0.2, 0.25) is 0 Å². The first-order chi connectivity index (χ1) is 13.2. The van der Waals surface area contributed by atoms with E-state index < -0.39 is 0 Å². The predicted molar refractivity (Wildman–Crippen MR) is 108 cm³/mol. The molecular weight excluding hydrogens is 336 g/mol. The van der Waals surface area contributed by atoms with Crippen LogP contribution in [-0.2, 0) is 11.8 Å². The Morgan fingerprint density at radius 2 is 1.78 bits per heavy atom. The molecule has 0 spiro atoms. The lowest BCUT2D eigenvalue weighted by Crippen LogP contribution is -2.38. The van der Waals surface area contributed by atoms with Crippen LogP contribution in [0.15, 0.2) is 24.3 Å². The van der Waals surface area contributed by atoms with Gasteiger partial charge in [-0.25, -0.2) is 4.98 Å². The molecule has 1 amide bonds. The zero-order chi connectivity index (χ0) is 18.4. The van der Waals surface area contributed by atoms with E-state index in [4.69, 9.17) is 4.98 Å². The van der Waals surface area contributed by atoms with Gasteiger partial charge >= 0.3 is 0 Å². The number of anilines is 1. The third-order valence-electron chi connectivity index (χ3n) is 7.20. The summed E-state index contributed by atoms with van der Waals surface area (Å²) in [6, 6.07) is 8.32. The van der Waals surface area contributed by atoms with Gasteiger partial charge in [-0.15, -0.1) is 0 Å². The lowest BCUT2D eigenvalue weighted by Gasteiger charge is -2.33. The van der Waals surface area contributed by atoms with Gasteiger partial charge in [0.15, 0.2) is 0 Å². The Kier molecular flexibility index (Phi) is 4.33. The lowest BCUT2D eigenvalue weighted by molar-refractivity contribution is -0.131. The normalized spacial score (nSPS) is 26.1. The van der Waals surface area contributed by atoms with Crippen molar-refractivity contribution in [2.24, 2.45) is 24.8 Å². The second-order valence-electron chi connectivity index (χ2n) is 8.84. The minimum atomic E-state index is 0.408. The van der Waals surface area contributed by atoms with E-state index in [9.17, 15) is 4.79 Å². The van der Waals surface area contributed by atoms with E-state index in [1.807, 2.05) is 6.07 Å². The molecule has 5 nitrogen and oxygen atoms in total. The number of imidazole rings is 1. The largest absolute Gasteiger partial charge is 0.342 e. The van der Waals surface area contributed by atoms with Crippen molar-refractivity contribution in [3.63, 3.8) is 0 Å². The Morgan fingerprint density at radius 1 is 1.07 bits per heavy atom. The molecule has 2 atom stereocenters. The molecule has 0 bridgehead atoms. The van der Waals surface area contributed by atoms with Crippen LogP contribution in [-0.4, -0.2) is 46.5 Å². The number of para-hydroxylation sites is 2.